The quantitative estimate of drug-likeness (QED) is 0.331. The summed E-state index contributed by atoms with van der Waals surface area (Å²) in [5.74, 6) is -0.692. The Morgan fingerprint density at radius 3 is 2.59 bits per heavy atom. The third kappa shape index (κ3) is 5.45. The number of rotatable bonds is 8. The van der Waals surface area contributed by atoms with E-state index in [1.165, 1.54) is 22.4 Å². The van der Waals surface area contributed by atoms with Crippen LogP contribution in [0.5, 0.6) is 0 Å². The van der Waals surface area contributed by atoms with Gasteiger partial charge in [0.15, 0.2) is 0 Å². The lowest BCUT2D eigenvalue weighted by atomic mass is 10.1. The van der Waals surface area contributed by atoms with Crippen molar-refractivity contribution in [1.82, 2.24) is 19.7 Å². The standard InChI is InChI=1S/C30H29FN4O2/c1-20-7-6-10-23(15-20)17-34-18-26-29(25-16-24(31)13-14-27(25)34)33-35(30(26)37)19-28(36)32-21(2)11-12-22-8-4-3-5-9-22/h3-10,13-16,18,21H,11-12,17,19H2,1-2H3,(H,32,36)/t21-/m1/s1. The third-order valence-corrected chi connectivity index (χ3v) is 6.59. The van der Waals surface area contributed by atoms with E-state index < -0.39 is 5.82 Å². The summed E-state index contributed by atoms with van der Waals surface area (Å²) in [6.45, 7) is 4.29. The van der Waals surface area contributed by atoms with Crippen molar-refractivity contribution in [3.8, 4) is 11.3 Å². The summed E-state index contributed by atoms with van der Waals surface area (Å²) in [5, 5.41) is 7.95. The Bertz CT molecular complexity index is 1590. The van der Waals surface area contributed by atoms with Crippen LogP contribution in [0, 0.1) is 12.7 Å². The fourth-order valence-corrected chi connectivity index (χ4v) is 4.75. The molecular weight excluding hydrogens is 467 g/mol. The van der Waals surface area contributed by atoms with Crippen LogP contribution in [-0.2, 0) is 24.3 Å². The molecule has 2 heterocycles. The summed E-state index contributed by atoms with van der Waals surface area (Å²) >= 11 is 0. The number of hydrogen-bond donors (Lipinski definition) is 1. The van der Waals surface area contributed by atoms with Crippen molar-refractivity contribution in [3.05, 3.63) is 112 Å². The van der Waals surface area contributed by atoms with Crippen LogP contribution in [0.1, 0.15) is 30.0 Å². The number of amides is 1. The molecule has 0 saturated carbocycles. The van der Waals surface area contributed by atoms with Crippen LogP contribution >= 0.6 is 0 Å². The van der Waals surface area contributed by atoms with Crippen LogP contribution in [0.2, 0.25) is 0 Å². The van der Waals surface area contributed by atoms with Gasteiger partial charge in [0, 0.05) is 24.2 Å². The van der Waals surface area contributed by atoms with E-state index in [0.29, 0.717) is 23.2 Å². The van der Waals surface area contributed by atoms with Gasteiger partial charge in [0.25, 0.3) is 5.56 Å². The highest BCUT2D eigenvalue weighted by Gasteiger charge is 2.22. The van der Waals surface area contributed by atoms with Gasteiger partial charge in [-0.05, 0) is 56.0 Å². The second kappa shape index (κ2) is 10.4. The molecule has 3 aromatic rings. The van der Waals surface area contributed by atoms with Crippen LogP contribution < -0.4 is 10.9 Å². The number of carbonyl (C=O) groups is 1. The monoisotopic (exact) mass is 496 g/mol. The molecule has 3 aromatic carbocycles. The SMILES string of the molecule is Cc1cccc(Cn2cc3c(=O)n(CC(=O)N[C@H](C)CCc4ccccc4)nc-3c3cc(F)ccc32)c1. The zero-order valence-electron chi connectivity index (χ0n) is 20.9. The molecule has 0 aromatic heterocycles. The number of hydrogen-bond acceptors (Lipinski definition) is 3. The number of halogens is 1. The van der Waals surface area contributed by atoms with Crippen molar-refractivity contribution in [3.63, 3.8) is 0 Å². The average Bonchev–Trinajstić information content (AvgIpc) is 3.18. The fraction of sp³-hybridized carbons (Fsp3) is 0.233. The molecular formula is C30H29FN4O2. The van der Waals surface area contributed by atoms with E-state index in [1.807, 2.05) is 54.8 Å². The van der Waals surface area contributed by atoms with Crippen molar-refractivity contribution >= 4 is 16.8 Å². The second-order valence-electron chi connectivity index (χ2n) is 9.63. The van der Waals surface area contributed by atoms with Gasteiger partial charge in [-0.1, -0.05) is 60.2 Å². The van der Waals surface area contributed by atoms with Crippen molar-refractivity contribution in [2.24, 2.45) is 0 Å². The molecule has 6 nitrogen and oxygen atoms in total. The lowest BCUT2D eigenvalue weighted by Gasteiger charge is -2.14. The maximum absolute atomic E-state index is 14.2. The number of nitrogens with zero attached hydrogens (tertiary/aromatic N) is 3. The van der Waals surface area contributed by atoms with E-state index in [1.54, 1.807) is 12.3 Å². The first-order valence-corrected chi connectivity index (χ1v) is 12.5. The Morgan fingerprint density at radius 1 is 1.03 bits per heavy atom. The van der Waals surface area contributed by atoms with Crippen molar-refractivity contribution in [1.29, 1.82) is 0 Å². The molecule has 37 heavy (non-hydrogen) atoms. The van der Waals surface area contributed by atoms with Crippen LogP contribution in [0.25, 0.3) is 22.2 Å². The van der Waals surface area contributed by atoms with Crippen LogP contribution in [0.3, 0.4) is 0 Å². The maximum atomic E-state index is 14.2. The lowest BCUT2D eigenvalue weighted by Crippen LogP contribution is -2.37. The van der Waals surface area contributed by atoms with Gasteiger partial charge >= 0.3 is 0 Å². The highest BCUT2D eigenvalue weighted by atomic mass is 19.1. The number of benzene rings is 3. The minimum Gasteiger partial charge on any atom is -0.352 e. The van der Waals surface area contributed by atoms with Gasteiger partial charge < -0.3 is 9.88 Å². The Kier molecular flexibility index (Phi) is 6.86. The maximum Gasteiger partial charge on any atom is 0.278 e. The molecule has 7 heteroatoms. The number of aryl methyl sites for hydroxylation is 2. The van der Waals surface area contributed by atoms with E-state index in [0.717, 1.165) is 29.5 Å². The first-order valence-electron chi connectivity index (χ1n) is 12.5. The van der Waals surface area contributed by atoms with Crippen molar-refractivity contribution in [2.75, 3.05) is 0 Å². The van der Waals surface area contributed by atoms with Crippen molar-refractivity contribution < 1.29 is 9.18 Å². The minimum absolute atomic E-state index is 0.0563. The number of aromatic nitrogens is 3. The predicted octanol–water partition coefficient (Wildman–Crippen LogP) is 4.94. The highest BCUT2D eigenvalue weighted by molar-refractivity contribution is 5.94. The zero-order valence-corrected chi connectivity index (χ0v) is 20.9. The van der Waals surface area contributed by atoms with Crippen LogP contribution in [0.15, 0.2) is 83.8 Å². The Morgan fingerprint density at radius 2 is 1.81 bits per heavy atom. The molecule has 0 fully saturated rings. The molecule has 188 valence electrons. The van der Waals surface area contributed by atoms with Gasteiger partial charge in [-0.2, -0.15) is 5.10 Å². The summed E-state index contributed by atoms with van der Waals surface area (Å²) in [5.41, 5.74) is 4.56. The summed E-state index contributed by atoms with van der Waals surface area (Å²) < 4.78 is 17.4. The summed E-state index contributed by atoms with van der Waals surface area (Å²) in [4.78, 5) is 26.0. The first-order chi connectivity index (χ1) is 17.9. The molecule has 0 spiro atoms. The second-order valence-corrected chi connectivity index (χ2v) is 9.63. The van der Waals surface area contributed by atoms with Gasteiger partial charge in [-0.15, -0.1) is 0 Å². The Labute approximate surface area is 214 Å². The molecule has 0 bridgehead atoms. The summed E-state index contributed by atoms with van der Waals surface area (Å²) in [6, 6.07) is 22.6. The molecule has 5 rings (SSSR count). The molecule has 1 N–H and O–H groups in total. The molecule has 0 saturated heterocycles. The molecule has 1 amide bonds. The lowest BCUT2D eigenvalue weighted by molar-refractivity contribution is -0.122. The van der Waals surface area contributed by atoms with Gasteiger partial charge in [-0.25, -0.2) is 9.07 Å². The first kappa shape index (κ1) is 24.4. The number of nitrogens with one attached hydrogen (secondary N) is 1. The number of fused-ring (bicyclic) bond motifs is 3. The highest BCUT2D eigenvalue weighted by Crippen LogP contribution is 2.28. The van der Waals surface area contributed by atoms with E-state index >= 15 is 0 Å². The van der Waals surface area contributed by atoms with Gasteiger partial charge in [0.05, 0.1) is 11.1 Å². The van der Waals surface area contributed by atoms with Gasteiger partial charge in [0.1, 0.15) is 18.1 Å². The van der Waals surface area contributed by atoms with Crippen LogP contribution in [-0.4, -0.2) is 26.3 Å². The molecule has 2 aliphatic rings. The van der Waals surface area contributed by atoms with E-state index in [2.05, 4.69) is 28.6 Å². The van der Waals surface area contributed by atoms with Crippen LogP contribution in [0.4, 0.5) is 4.39 Å². The largest absolute Gasteiger partial charge is 0.352 e. The van der Waals surface area contributed by atoms with Gasteiger partial charge in [0.2, 0.25) is 5.91 Å². The Balaban J connectivity index is 1.40. The molecule has 1 atom stereocenters. The normalized spacial score (nSPS) is 12.2. The van der Waals surface area contributed by atoms with E-state index in [9.17, 15) is 14.0 Å². The number of pyridine rings is 1. The molecule has 0 unspecified atom stereocenters. The van der Waals surface area contributed by atoms with Gasteiger partial charge in [-0.3, -0.25) is 9.59 Å². The topological polar surface area (TPSA) is 68.9 Å². The number of carbonyl (C=O) groups excluding carboxylic acids is 1. The molecule has 0 radical (unpaired) electrons. The third-order valence-electron chi connectivity index (χ3n) is 6.59. The van der Waals surface area contributed by atoms with E-state index in [4.69, 9.17) is 0 Å². The summed E-state index contributed by atoms with van der Waals surface area (Å²) in [6.07, 6.45) is 3.38. The fourth-order valence-electron chi connectivity index (χ4n) is 4.75. The minimum atomic E-state index is -0.408. The van der Waals surface area contributed by atoms with Crippen molar-refractivity contribution in [2.45, 2.75) is 45.8 Å². The molecule has 0 aliphatic carbocycles. The summed E-state index contributed by atoms with van der Waals surface area (Å²) in [7, 11) is 0. The average molecular weight is 497 g/mol. The Hall–Kier alpha value is -4.26. The zero-order chi connectivity index (χ0) is 25.9. The smallest absolute Gasteiger partial charge is 0.278 e. The van der Waals surface area contributed by atoms with E-state index in [-0.39, 0.29) is 24.1 Å². The molecule has 2 aliphatic heterocycles. The predicted molar refractivity (Wildman–Crippen MR) is 143 cm³/mol.